The molecule has 0 aliphatic carbocycles. The molecule has 0 aliphatic heterocycles. The van der Waals surface area contributed by atoms with Gasteiger partial charge in [-0.1, -0.05) is 27.7 Å². The molecular weight excluding hydrogens is 134 g/mol. The number of hydrogen-bond acceptors (Lipinski definition) is 1. The predicted octanol–water partition coefficient (Wildman–Crippen LogP) is 2.81. The van der Waals surface area contributed by atoms with Crippen LogP contribution in [0.2, 0.25) is 0 Å². The molecule has 1 atom stereocenters. The van der Waals surface area contributed by atoms with Crippen LogP contribution in [0.15, 0.2) is 0 Å². The molecule has 1 unspecified atom stereocenters. The first kappa shape index (κ1) is 11.0. The summed E-state index contributed by atoms with van der Waals surface area (Å²) < 4.78 is 0. The third-order valence-corrected chi connectivity index (χ3v) is 2.08. The zero-order chi connectivity index (χ0) is 8.69. The Balaban J connectivity index is 3.35. The Morgan fingerprint density at radius 1 is 1.09 bits per heavy atom. The molecule has 0 aromatic carbocycles. The van der Waals surface area contributed by atoms with E-state index in [1.807, 2.05) is 0 Å². The highest BCUT2D eigenvalue weighted by Crippen LogP contribution is 2.08. The van der Waals surface area contributed by atoms with E-state index in [9.17, 15) is 0 Å². The van der Waals surface area contributed by atoms with Gasteiger partial charge in [0.25, 0.3) is 0 Å². The molecule has 0 saturated carbocycles. The highest BCUT2D eigenvalue weighted by atomic mass is 14.9. The van der Waals surface area contributed by atoms with Gasteiger partial charge in [0.2, 0.25) is 0 Å². The van der Waals surface area contributed by atoms with Crippen molar-refractivity contribution in [1.29, 1.82) is 0 Å². The monoisotopic (exact) mass is 157 g/mol. The fraction of sp³-hybridized carbons (Fsp3) is 1.00. The Bertz CT molecular complexity index is 78.9. The molecule has 0 saturated heterocycles. The third-order valence-electron chi connectivity index (χ3n) is 2.08. The van der Waals surface area contributed by atoms with Crippen LogP contribution in [0.5, 0.6) is 0 Å². The van der Waals surface area contributed by atoms with Crippen LogP contribution in [0.1, 0.15) is 47.0 Å². The Labute approximate surface area is 71.6 Å². The molecule has 0 spiro atoms. The topological polar surface area (TPSA) is 12.0 Å². The lowest BCUT2D eigenvalue weighted by Crippen LogP contribution is -2.28. The van der Waals surface area contributed by atoms with E-state index in [1.165, 1.54) is 19.3 Å². The van der Waals surface area contributed by atoms with Crippen molar-refractivity contribution >= 4 is 0 Å². The van der Waals surface area contributed by atoms with Crippen molar-refractivity contribution < 1.29 is 0 Å². The van der Waals surface area contributed by atoms with Gasteiger partial charge in [-0.3, -0.25) is 0 Å². The molecule has 0 rings (SSSR count). The summed E-state index contributed by atoms with van der Waals surface area (Å²) in [6.07, 6.45) is 3.95. The first-order chi connectivity index (χ1) is 5.20. The molecule has 0 aromatic heterocycles. The molecule has 0 heterocycles. The van der Waals surface area contributed by atoms with Gasteiger partial charge in [-0.2, -0.15) is 0 Å². The van der Waals surface area contributed by atoms with Gasteiger partial charge in [-0.05, 0) is 31.7 Å². The molecule has 0 amide bonds. The van der Waals surface area contributed by atoms with Crippen molar-refractivity contribution in [2.24, 2.45) is 5.92 Å². The van der Waals surface area contributed by atoms with Gasteiger partial charge in [-0.25, -0.2) is 0 Å². The van der Waals surface area contributed by atoms with Gasteiger partial charge < -0.3 is 5.32 Å². The van der Waals surface area contributed by atoms with Crippen molar-refractivity contribution in [2.45, 2.75) is 53.0 Å². The smallest absolute Gasteiger partial charge is 0.00644 e. The number of rotatable bonds is 6. The van der Waals surface area contributed by atoms with Crippen molar-refractivity contribution in [3.8, 4) is 0 Å². The molecule has 68 valence electrons. The normalized spacial score (nSPS) is 13.9. The Hall–Kier alpha value is -0.0400. The second kappa shape index (κ2) is 6.66. The van der Waals surface area contributed by atoms with Crippen molar-refractivity contribution in [2.75, 3.05) is 6.54 Å². The van der Waals surface area contributed by atoms with E-state index in [4.69, 9.17) is 0 Å². The largest absolute Gasteiger partial charge is 0.314 e. The lowest BCUT2D eigenvalue weighted by molar-refractivity contribution is 0.428. The molecule has 0 fully saturated rings. The average Bonchev–Trinajstić information content (AvgIpc) is 1.97. The van der Waals surface area contributed by atoms with E-state index in [2.05, 4.69) is 33.0 Å². The summed E-state index contributed by atoms with van der Waals surface area (Å²) in [5.74, 6) is 0.850. The highest BCUT2D eigenvalue weighted by molar-refractivity contribution is 4.64. The van der Waals surface area contributed by atoms with Gasteiger partial charge in [0.15, 0.2) is 0 Å². The quantitative estimate of drug-likeness (QED) is 0.625. The fourth-order valence-electron chi connectivity index (χ4n) is 1.27. The van der Waals surface area contributed by atoms with Crippen LogP contribution in [-0.2, 0) is 0 Å². The second-order valence-electron chi connectivity index (χ2n) is 3.63. The van der Waals surface area contributed by atoms with Crippen LogP contribution < -0.4 is 5.32 Å². The maximum absolute atomic E-state index is 3.49. The summed E-state index contributed by atoms with van der Waals surface area (Å²) in [6.45, 7) is 10.1. The summed E-state index contributed by atoms with van der Waals surface area (Å²) in [6, 6.07) is 0.752. The van der Waals surface area contributed by atoms with Gasteiger partial charge in [-0.15, -0.1) is 0 Å². The standard InChI is InChI=1S/C10H23N/c1-5-10(11-6-2)8-7-9(3)4/h9-11H,5-8H2,1-4H3. The predicted molar refractivity (Wildman–Crippen MR) is 51.8 cm³/mol. The molecule has 0 radical (unpaired) electrons. The van der Waals surface area contributed by atoms with Crippen LogP contribution in [0.4, 0.5) is 0 Å². The minimum atomic E-state index is 0.752. The first-order valence-electron chi connectivity index (χ1n) is 4.94. The summed E-state index contributed by atoms with van der Waals surface area (Å²) in [4.78, 5) is 0. The van der Waals surface area contributed by atoms with Gasteiger partial charge >= 0.3 is 0 Å². The zero-order valence-corrected chi connectivity index (χ0v) is 8.48. The molecule has 1 N–H and O–H groups in total. The molecule has 0 bridgehead atoms. The molecule has 1 heteroatoms. The second-order valence-corrected chi connectivity index (χ2v) is 3.63. The maximum atomic E-state index is 3.49. The summed E-state index contributed by atoms with van der Waals surface area (Å²) in [5.41, 5.74) is 0. The van der Waals surface area contributed by atoms with E-state index in [1.54, 1.807) is 0 Å². The van der Waals surface area contributed by atoms with Gasteiger partial charge in [0.05, 0.1) is 0 Å². The lowest BCUT2D eigenvalue weighted by Gasteiger charge is -2.16. The highest BCUT2D eigenvalue weighted by Gasteiger charge is 2.04. The minimum Gasteiger partial charge on any atom is -0.314 e. The Morgan fingerprint density at radius 3 is 2.09 bits per heavy atom. The summed E-state index contributed by atoms with van der Waals surface area (Å²) in [7, 11) is 0. The van der Waals surface area contributed by atoms with E-state index in [-0.39, 0.29) is 0 Å². The van der Waals surface area contributed by atoms with Crippen molar-refractivity contribution in [1.82, 2.24) is 5.32 Å². The molecule has 0 aromatic rings. The van der Waals surface area contributed by atoms with Crippen LogP contribution in [0.25, 0.3) is 0 Å². The summed E-state index contributed by atoms with van der Waals surface area (Å²) in [5, 5.41) is 3.49. The molecular formula is C10H23N. The Kier molecular flexibility index (Phi) is 6.63. The van der Waals surface area contributed by atoms with Crippen molar-refractivity contribution in [3.63, 3.8) is 0 Å². The molecule has 0 aliphatic rings. The van der Waals surface area contributed by atoms with E-state index in [0.717, 1.165) is 18.5 Å². The summed E-state index contributed by atoms with van der Waals surface area (Å²) >= 11 is 0. The minimum absolute atomic E-state index is 0.752. The van der Waals surface area contributed by atoms with E-state index < -0.39 is 0 Å². The third kappa shape index (κ3) is 6.36. The van der Waals surface area contributed by atoms with Gasteiger partial charge in [0, 0.05) is 6.04 Å². The average molecular weight is 157 g/mol. The Morgan fingerprint density at radius 2 is 1.73 bits per heavy atom. The number of nitrogens with one attached hydrogen (secondary N) is 1. The fourth-order valence-corrected chi connectivity index (χ4v) is 1.27. The lowest BCUT2D eigenvalue weighted by atomic mass is 10.0. The van der Waals surface area contributed by atoms with E-state index >= 15 is 0 Å². The zero-order valence-electron chi connectivity index (χ0n) is 8.48. The maximum Gasteiger partial charge on any atom is 0.00644 e. The molecule has 11 heavy (non-hydrogen) atoms. The van der Waals surface area contributed by atoms with Gasteiger partial charge in [0.1, 0.15) is 0 Å². The first-order valence-corrected chi connectivity index (χ1v) is 4.94. The van der Waals surface area contributed by atoms with E-state index in [0.29, 0.717) is 0 Å². The van der Waals surface area contributed by atoms with Crippen molar-refractivity contribution in [3.05, 3.63) is 0 Å². The van der Waals surface area contributed by atoms with Crippen LogP contribution in [0, 0.1) is 5.92 Å². The molecule has 1 nitrogen and oxygen atoms in total. The van der Waals surface area contributed by atoms with Crippen LogP contribution in [0.3, 0.4) is 0 Å². The SMILES string of the molecule is CCNC(CC)CCC(C)C. The van der Waals surface area contributed by atoms with Crippen LogP contribution >= 0.6 is 0 Å². The number of hydrogen-bond donors (Lipinski definition) is 1. The van der Waals surface area contributed by atoms with Crippen LogP contribution in [-0.4, -0.2) is 12.6 Å².